The zero-order valence-electron chi connectivity index (χ0n) is 12.2. The number of benzene rings is 2. The third-order valence-corrected chi connectivity index (χ3v) is 3.80. The van der Waals surface area contributed by atoms with Gasteiger partial charge in [-0.05, 0) is 60.5 Å². The van der Waals surface area contributed by atoms with Gasteiger partial charge >= 0.3 is 0 Å². The van der Waals surface area contributed by atoms with Gasteiger partial charge in [-0.3, -0.25) is 0 Å². The number of ether oxygens (including phenoxy) is 2. The predicted molar refractivity (Wildman–Crippen MR) is 86.5 cm³/mol. The Kier molecular flexibility index (Phi) is 3.67. The lowest BCUT2D eigenvalue weighted by Gasteiger charge is -2.07. The third-order valence-electron chi connectivity index (χ3n) is 3.56. The van der Waals surface area contributed by atoms with E-state index in [4.69, 9.17) is 25.6 Å². The Morgan fingerprint density at radius 2 is 1.65 bits per heavy atom. The van der Waals surface area contributed by atoms with Crippen molar-refractivity contribution in [1.82, 2.24) is 5.16 Å². The van der Waals surface area contributed by atoms with E-state index in [1.165, 1.54) is 12.8 Å². The standard InChI is InChI=1S/C18H14ClNO3/c19-13-2-1-3-16(10-13)21-14-6-8-15(9-7-14)22-18-11-17(23-20-18)12-4-5-12/h1-3,6-12H,4-5H2. The van der Waals surface area contributed by atoms with Crippen LogP contribution in [0.15, 0.2) is 59.1 Å². The lowest BCUT2D eigenvalue weighted by molar-refractivity contribution is 0.347. The van der Waals surface area contributed by atoms with Gasteiger partial charge in [0.25, 0.3) is 5.88 Å². The molecule has 4 rings (SSSR count). The lowest BCUT2D eigenvalue weighted by Crippen LogP contribution is -1.86. The van der Waals surface area contributed by atoms with Crippen LogP contribution in [0.1, 0.15) is 24.5 Å². The van der Waals surface area contributed by atoms with Crippen molar-refractivity contribution in [2.45, 2.75) is 18.8 Å². The normalized spacial score (nSPS) is 13.8. The van der Waals surface area contributed by atoms with Gasteiger partial charge in [0.1, 0.15) is 23.0 Å². The summed E-state index contributed by atoms with van der Waals surface area (Å²) in [7, 11) is 0. The first kappa shape index (κ1) is 14.2. The fraction of sp³-hybridized carbons (Fsp3) is 0.167. The SMILES string of the molecule is Clc1cccc(Oc2ccc(Oc3cc(C4CC4)on3)cc2)c1. The molecule has 23 heavy (non-hydrogen) atoms. The zero-order valence-corrected chi connectivity index (χ0v) is 13.0. The van der Waals surface area contributed by atoms with Crippen molar-refractivity contribution in [1.29, 1.82) is 0 Å². The van der Waals surface area contributed by atoms with Gasteiger partial charge in [-0.25, -0.2) is 0 Å². The molecule has 1 heterocycles. The lowest BCUT2D eigenvalue weighted by atomic mass is 10.3. The van der Waals surface area contributed by atoms with Gasteiger partial charge in [0.15, 0.2) is 0 Å². The van der Waals surface area contributed by atoms with Crippen LogP contribution in [0.25, 0.3) is 0 Å². The van der Waals surface area contributed by atoms with E-state index >= 15 is 0 Å². The minimum Gasteiger partial charge on any atom is -0.457 e. The van der Waals surface area contributed by atoms with Crippen LogP contribution in [0, 0.1) is 0 Å². The van der Waals surface area contributed by atoms with E-state index in [2.05, 4.69) is 5.16 Å². The third kappa shape index (κ3) is 3.48. The zero-order chi connectivity index (χ0) is 15.6. The van der Waals surface area contributed by atoms with Crippen LogP contribution in [-0.2, 0) is 0 Å². The number of aromatic nitrogens is 1. The summed E-state index contributed by atoms with van der Waals surface area (Å²) in [5.74, 6) is 3.99. The molecule has 0 saturated heterocycles. The van der Waals surface area contributed by atoms with E-state index in [1.54, 1.807) is 12.1 Å². The quantitative estimate of drug-likeness (QED) is 0.595. The molecule has 116 valence electrons. The summed E-state index contributed by atoms with van der Waals surface area (Å²) < 4.78 is 16.7. The summed E-state index contributed by atoms with van der Waals surface area (Å²) in [5.41, 5.74) is 0. The molecule has 3 aromatic rings. The molecule has 0 N–H and O–H groups in total. The summed E-state index contributed by atoms with van der Waals surface area (Å²) in [6.45, 7) is 0. The Morgan fingerprint density at radius 1 is 0.913 bits per heavy atom. The van der Waals surface area contributed by atoms with Crippen molar-refractivity contribution in [3.63, 3.8) is 0 Å². The minimum absolute atomic E-state index is 0.482. The van der Waals surface area contributed by atoms with Gasteiger partial charge in [0, 0.05) is 17.0 Å². The number of hydrogen-bond donors (Lipinski definition) is 0. The van der Waals surface area contributed by atoms with Crippen molar-refractivity contribution in [2.75, 3.05) is 0 Å². The number of halogens is 1. The maximum Gasteiger partial charge on any atom is 0.259 e. The first-order valence-corrected chi connectivity index (χ1v) is 7.82. The van der Waals surface area contributed by atoms with Crippen molar-refractivity contribution < 1.29 is 14.0 Å². The van der Waals surface area contributed by atoms with E-state index in [0.29, 0.717) is 34.1 Å². The molecule has 0 unspecified atom stereocenters. The van der Waals surface area contributed by atoms with Crippen molar-refractivity contribution in [3.05, 3.63) is 65.4 Å². The van der Waals surface area contributed by atoms with Gasteiger partial charge < -0.3 is 14.0 Å². The fourth-order valence-electron chi connectivity index (χ4n) is 2.24. The summed E-state index contributed by atoms with van der Waals surface area (Å²) in [5, 5.41) is 4.57. The average molecular weight is 328 g/mol. The number of nitrogens with zero attached hydrogens (tertiary/aromatic N) is 1. The second-order valence-electron chi connectivity index (χ2n) is 5.47. The first-order chi connectivity index (χ1) is 11.3. The second kappa shape index (κ2) is 5.97. The second-order valence-corrected chi connectivity index (χ2v) is 5.91. The van der Waals surface area contributed by atoms with Gasteiger partial charge in [-0.15, -0.1) is 0 Å². The highest BCUT2D eigenvalue weighted by atomic mass is 35.5. The molecular weight excluding hydrogens is 314 g/mol. The summed E-state index contributed by atoms with van der Waals surface area (Å²) in [4.78, 5) is 0. The van der Waals surface area contributed by atoms with E-state index in [1.807, 2.05) is 42.5 Å². The molecule has 0 aliphatic heterocycles. The van der Waals surface area contributed by atoms with E-state index in [0.717, 1.165) is 5.76 Å². The Morgan fingerprint density at radius 3 is 2.35 bits per heavy atom. The topological polar surface area (TPSA) is 44.5 Å². The molecule has 1 aliphatic carbocycles. The predicted octanol–water partition coefficient (Wildman–Crippen LogP) is 5.79. The van der Waals surface area contributed by atoms with Crippen LogP contribution in [0.4, 0.5) is 0 Å². The maximum atomic E-state index is 5.94. The van der Waals surface area contributed by atoms with Gasteiger partial charge in [-0.2, -0.15) is 0 Å². The Bertz CT molecular complexity index is 809. The Balaban J connectivity index is 1.42. The molecule has 0 radical (unpaired) electrons. The Hall–Kier alpha value is -2.46. The minimum atomic E-state index is 0.482. The molecule has 5 heteroatoms. The maximum absolute atomic E-state index is 5.94. The van der Waals surface area contributed by atoms with Crippen LogP contribution in [0.2, 0.25) is 5.02 Å². The highest BCUT2D eigenvalue weighted by Gasteiger charge is 2.28. The molecule has 1 aromatic heterocycles. The molecule has 2 aromatic carbocycles. The Labute approximate surface area is 138 Å². The average Bonchev–Trinajstić information content (AvgIpc) is 3.30. The first-order valence-electron chi connectivity index (χ1n) is 7.44. The van der Waals surface area contributed by atoms with E-state index in [-0.39, 0.29) is 0 Å². The van der Waals surface area contributed by atoms with Crippen molar-refractivity contribution in [2.24, 2.45) is 0 Å². The number of rotatable bonds is 5. The largest absolute Gasteiger partial charge is 0.457 e. The van der Waals surface area contributed by atoms with Gasteiger partial charge in [0.05, 0.1) is 0 Å². The summed E-state index contributed by atoms with van der Waals surface area (Å²) in [6, 6.07) is 16.4. The van der Waals surface area contributed by atoms with Crippen LogP contribution in [-0.4, -0.2) is 5.16 Å². The molecule has 1 aliphatic rings. The van der Waals surface area contributed by atoms with E-state index < -0.39 is 0 Å². The van der Waals surface area contributed by atoms with Crippen LogP contribution in [0.5, 0.6) is 23.1 Å². The molecular formula is C18H14ClNO3. The van der Waals surface area contributed by atoms with Gasteiger partial charge in [0.2, 0.25) is 0 Å². The molecule has 4 nitrogen and oxygen atoms in total. The highest BCUT2D eigenvalue weighted by molar-refractivity contribution is 6.30. The van der Waals surface area contributed by atoms with Crippen LogP contribution < -0.4 is 9.47 Å². The molecule has 1 fully saturated rings. The molecule has 0 amide bonds. The van der Waals surface area contributed by atoms with E-state index in [9.17, 15) is 0 Å². The molecule has 0 bridgehead atoms. The smallest absolute Gasteiger partial charge is 0.259 e. The number of hydrogen-bond acceptors (Lipinski definition) is 4. The van der Waals surface area contributed by atoms with Crippen molar-refractivity contribution >= 4 is 11.6 Å². The molecule has 0 spiro atoms. The summed E-state index contributed by atoms with van der Waals surface area (Å²) >= 11 is 5.94. The monoisotopic (exact) mass is 327 g/mol. The summed E-state index contributed by atoms with van der Waals surface area (Å²) in [6.07, 6.45) is 2.34. The molecule has 0 atom stereocenters. The highest BCUT2D eigenvalue weighted by Crippen LogP contribution is 2.41. The van der Waals surface area contributed by atoms with Crippen LogP contribution in [0.3, 0.4) is 0 Å². The van der Waals surface area contributed by atoms with Crippen molar-refractivity contribution in [3.8, 4) is 23.1 Å². The van der Waals surface area contributed by atoms with Gasteiger partial charge in [-0.1, -0.05) is 17.7 Å². The fourth-order valence-corrected chi connectivity index (χ4v) is 2.42. The molecule has 1 saturated carbocycles. The van der Waals surface area contributed by atoms with Crippen LogP contribution >= 0.6 is 11.6 Å².